The number of nitrogens with one attached hydrogen (secondary N) is 1. The van der Waals surface area contributed by atoms with Crippen molar-refractivity contribution in [1.82, 2.24) is 5.32 Å². The first kappa shape index (κ1) is 15.6. The number of rotatable bonds is 7. The molecule has 2 unspecified atom stereocenters. The summed E-state index contributed by atoms with van der Waals surface area (Å²) >= 11 is 0. The van der Waals surface area contributed by atoms with E-state index >= 15 is 0 Å². The zero-order valence-corrected chi connectivity index (χ0v) is 12.8. The second-order valence-corrected chi connectivity index (χ2v) is 5.03. The Morgan fingerprint density at radius 2 is 2.29 bits per heavy atom. The average Bonchev–Trinajstić information content (AvgIpc) is 2.87. The molecule has 1 aromatic rings. The van der Waals surface area contributed by atoms with Crippen molar-refractivity contribution in [2.24, 2.45) is 0 Å². The summed E-state index contributed by atoms with van der Waals surface area (Å²) in [7, 11) is 0. The minimum absolute atomic E-state index is 0.233. The third-order valence-electron chi connectivity index (χ3n) is 3.34. The summed E-state index contributed by atoms with van der Waals surface area (Å²) in [4.78, 5) is 11.6. The van der Waals surface area contributed by atoms with Crippen LogP contribution in [0.15, 0.2) is 18.2 Å². The largest absolute Gasteiger partial charge is 0.491 e. The molecule has 0 saturated carbocycles. The Morgan fingerprint density at radius 1 is 1.48 bits per heavy atom. The molecular weight excluding hydrogens is 270 g/mol. The lowest BCUT2D eigenvalue weighted by atomic mass is 10.1. The van der Waals surface area contributed by atoms with E-state index in [4.69, 9.17) is 14.2 Å². The van der Waals surface area contributed by atoms with Gasteiger partial charge in [-0.05, 0) is 38.9 Å². The molecule has 0 fully saturated rings. The van der Waals surface area contributed by atoms with E-state index in [2.05, 4.69) is 12.2 Å². The Labute approximate surface area is 125 Å². The van der Waals surface area contributed by atoms with Crippen molar-refractivity contribution in [1.29, 1.82) is 0 Å². The molecule has 1 heterocycles. The average molecular weight is 293 g/mol. The lowest BCUT2D eigenvalue weighted by Gasteiger charge is -2.14. The molecular formula is C16H23NO4. The first-order valence-corrected chi connectivity index (χ1v) is 7.49. The van der Waals surface area contributed by atoms with Crippen LogP contribution in [-0.4, -0.2) is 31.8 Å². The summed E-state index contributed by atoms with van der Waals surface area (Å²) < 4.78 is 16.2. The maximum atomic E-state index is 11.6. The molecule has 2 rings (SSSR count). The molecule has 0 radical (unpaired) electrons. The highest BCUT2D eigenvalue weighted by atomic mass is 16.6. The number of carbonyl (C=O) groups is 1. The van der Waals surface area contributed by atoms with Gasteiger partial charge in [-0.2, -0.15) is 0 Å². The van der Waals surface area contributed by atoms with Crippen molar-refractivity contribution in [3.8, 4) is 11.5 Å². The van der Waals surface area contributed by atoms with E-state index in [0.29, 0.717) is 19.0 Å². The van der Waals surface area contributed by atoms with Crippen LogP contribution < -0.4 is 14.8 Å². The zero-order chi connectivity index (χ0) is 15.2. The number of hydrogen-bond acceptors (Lipinski definition) is 5. The second kappa shape index (κ2) is 7.31. The van der Waals surface area contributed by atoms with E-state index in [0.717, 1.165) is 24.3 Å². The maximum absolute atomic E-state index is 11.6. The predicted molar refractivity (Wildman–Crippen MR) is 79.7 cm³/mol. The summed E-state index contributed by atoms with van der Waals surface area (Å²) in [6.45, 7) is 7.54. The standard InChI is InChI=1S/C16H23NO4/c1-4-8-17-14-10-20-15-9-12(6-7-13(14)15)21-11(3)16(18)19-5-2/h6-7,9,11,14,17H,4-5,8,10H2,1-3H3. The van der Waals surface area contributed by atoms with Crippen LogP contribution in [0.3, 0.4) is 0 Å². The fourth-order valence-corrected chi connectivity index (χ4v) is 2.26. The lowest BCUT2D eigenvalue weighted by molar-refractivity contribution is -0.150. The molecule has 116 valence electrons. The fraction of sp³-hybridized carbons (Fsp3) is 0.562. The molecule has 0 bridgehead atoms. The minimum atomic E-state index is -0.626. The van der Waals surface area contributed by atoms with Crippen LogP contribution in [0.1, 0.15) is 38.8 Å². The van der Waals surface area contributed by atoms with E-state index in [1.165, 1.54) is 0 Å². The third kappa shape index (κ3) is 3.88. The van der Waals surface area contributed by atoms with E-state index in [-0.39, 0.29) is 12.0 Å². The molecule has 0 saturated heterocycles. The van der Waals surface area contributed by atoms with Crippen LogP contribution in [0.4, 0.5) is 0 Å². The highest BCUT2D eigenvalue weighted by Crippen LogP contribution is 2.35. The summed E-state index contributed by atoms with van der Waals surface area (Å²) in [6, 6.07) is 5.92. The van der Waals surface area contributed by atoms with E-state index in [9.17, 15) is 4.79 Å². The number of ether oxygens (including phenoxy) is 3. The van der Waals surface area contributed by atoms with Crippen molar-refractivity contribution in [2.75, 3.05) is 19.8 Å². The quantitative estimate of drug-likeness (QED) is 0.783. The Balaban J connectivity index is 2.00. The van der Waals surface area contributed by atoms with Crippen molar-refractivity contribution in [3.63, 3.8) is 0 Å². The summed E-state index contributed by atoms with van der Waals surface area (Å²) in [6.07, 6.45) is 0.461. The van der Waals surface area contributed by atoms with Gasteiger partial charge < -0.3 is 19.5 Å². The molecule has 21 heavy (non-hydrogen) atoms. The number of benzene rings is 1. The van der Waals surface area contributed by atoms with Gasteiger partial charge in [-0.1, -0.05) is 6.92 Å². The van der Waals surface area contributed by atoms with Crippen molar-refractivity contribution in [2.45, 2.75) is 39.3 Å². The Bertz CT molecular complexity index is 489. The predicted octanol–water partition coefficient (Wildman–Crippen LogP) is 2.45. The van der Waals surface area contributed by atoms with Gasteiger partial charge in [-0.25, -0.2) is 4.79 Å². The normalized spacial score (nSPS) is 17.8. The van der Waals surface area contributed by atoms with Crippen LogP contribution in [0, 0.1) is 0 Å². The third-order valence-corrected chi connectivity index (χ3v) is 3.34. The second-order valence-electron chi connectivity index (χ2n) is 5.03. The number of esters is 1. The number of hydrogen-bond donors (Lipinski definition) is 1. The fourth-order valence-electron chi connectivity index (χ4n) is 2.26. The zero-order valence-electron chi connectivity index (χ0n) is 12.8. The van der Waals surface area contributed by atoms with Gasteiger partial charge in [0.05, 0.1) is 12.6 Å². The van der Waals surface area contributed by atoms with Crippen LogP contribution in [0.5, 0.6) is 11.5 Å². The SMILES string of the molecule is CCCNC1COc2cc(OC(C)C(=O)OCC)ccc21. The van der Waals surface area contributed by atoms with Gasteiger partial charge in [0.1, 0.15) is 18.1 Å². The first-order chi connectivity index (χ1) is 10.2. The summed E-state index contributed by atoms with van der Waals surface area (Å²) in [5.41, 5.74) is 1.14. The lowest BCUT2D eigenvalue weighted by Crippen LogP contribution is -2.26. The van der Waals surface area contributed by atoms with Gasteiger partial charge in [0, 0.05) is 11.6 Å². The van der Waals surface area contributed by atoms with E-state index < -0.39 is 6.10 Å². The van der Waals surface area contributed by atoms with Crippen molar-refractivity contribution in [3.05, 3.63) is 23.8 Å². The van der Waals surface area contributed by atoms with Gasteiger partial charge in [0.15, 0.2) is 6.10 Å². The van der Waals surface area contributed by atoms with Gasteiger partial charge in [-0.3, -0.25) is 0 Å². The van der Waals surface area contributed by atoms with Gasteiger partial charge in [-0.15, -0.1) is 0 Å². The monoisotopic (exact) mass is 293 g/mol. The highest BCUT2D eigenvalue weighted by molar-refractivity contribution is 5.74. The molecule has 1 N–H and O–H groups in total. The molecule has 1 aromatic carbocycles. The van der Waals surface area contributed by atoms with Gasteiger partial charge in [0.25, 0.3) is 0 Å². The molecule has 0 aliphatic carbocycles. The molecule has 5 nitrogen and oxygen atoms in total. The molecule has 2 atom stereocenters. The molecule has 1 aliphatic heterocycles. The molecule has 0 spiro atoms. The first-order valence-electron chi connectivity index (χ1n) is 7.49. The topological polar surface area (TPSA) is 56.8 Å². The van der Waals surface area contributed by atoms with Crippen molar-refractivity contribution < 1.29 is 19.0 Å². The summed E-state index contributed by atoms with van der Waals surface area (Å²) in [5, 5.41) is 3.44. The van der Waals surface area contributed by atoms with Gasteiger partial charge in [0.2, 0.25) is 0 Å². The molecule has 0 aromatic heterocycles. The van der Waals surface area contributed by atoms with Crippen LogP contribution in [-0.2, 0) is 9.53 Å². The van der Waals surface area contributed by atoms with E-state index in [1.807, 2.05) is 18.2 Å². The number of fused-ring (bicyclic) bond motifs is 1. The Hall–Kier alpha value is -1.75. The van der Waals surface area contributed by atoms with Crippen LogP contribution in [0.25, 0.3) is 0 Å². The number of carbonyl (C=O) groups excluding carboxylic acids is 1. The molecule has 5 heteroatoms. The van der Waals surface area contributed by atoms with E-state index in [1.54, 1.807) is 13.8 Å². The molecule has 0 amide bonds. The summed E-state index contributed by atoms with van der Waals surface area (Å²) in [5.74, 6) is 1.07. The van der Waals surface area contributed by atoms with Crippen molar-refractivity contribution >= 4 is 5.97 Å². The smallest absolute Gasteiger partial charge is 0.347 e. The van der Waals surface area contributed by atoms with Crippen LogP contribution in [0.2, 0.25) is 0 Å². The Morgan fingerprint density at radius 3 is 3.00 bits per heavy atom. The van der Waals surface area contributed by atoms with Crippen LogP contribution >= 0.6 is 0 Å². The minimum Gasteiger partial charge on any atom is -0.491 e. The van der Waals surface area contributed by atoms with Gasteiger partial charge >= 0.3 is 5.97 Å². The maximum Gasteiger partial charge on any atom is 0.347 e. The highest BCUT2D eigenvalue weighted by Gasteiger charge is 2.24. The molecule has 1 aliphatic rings. The Kier molecular flexibility index (Phi) is 5.44.